The smallest absolute Gasteiger partial charge is 0.248 e. The molecule has 5 nitrogen and oxygen atoms in total. The van der Waals surface area contributed by atoms with Gasteiger partial charge in [0.25, 0.3) is 0 Å². The van der Waals surface area contributed by atoms with Gasteiger partial charge in [-0.05, 0) is 31.2 Å². The average molecular weight is 263 g/mol. The van der Waals surface area contributed by atoms with Gasteiger partial charge in [0.05, 0.1) is 11.4 Å². The molecule has 1 heterocycles. The van der Waals surface area contributed by atoms with Crippen LogP contribution >= 0.6 is 11.6 Å². The fourth-order valence-corrected chi connectivity index (χ4v) is 1.64. The van der Waals surface area contributed by atoms with E-state index in [0.29, 0.717) is 16.4 Å². The van der Waals surface area contributed by atoms with Crippen molar-refractivity contribution in [2.24, 2.45) is 0 Å². The van der Waals surface area contributed by atoms with E-state index in [1.165, 1.54) is 12.4 Å². The Hall–Kier alpha value is -2.14. The first-order valence-corrected chi connectivity index (χ1v) is 5.66. The highest BCUT2D eigenvalue weighted by Gasteiger charge is 2.08. The number of aromatic nitrogens is 3. The van der Waals surface area contributed by atoms with Crippen molar-refractivity contribution in [2.75, 3.05) is 5.32 Å². The Morgan fingerprint density at radius 1 is 1.50 bits per heavy atom. The lowest BCUT2D eigenvalue weighted by Gasteiger charge is -2.09. The monoisotopic (exact) mass is 262 g/mol. The highest BCUT2D eigenvalue weighted by atomic mass is 35.5. The van der Waals surface area contributed by atoms with Crippen molar-refractivity contribution >= 4 is 23.2 Å². The van der Waals surface area contributed by atoms with Crippen LogP contribution in [0.2, 0.25) is 5.02 Å². The van der Waals surface area contributed by atoms with E-state index in [2.05, 4.69) is 15.4 Å². The molecule has 2 aromatic rings. The highest BCUT2D eigenvalue weighted by Crippen LogP contribution is 2.23. The summed E-state index contributed by atoms with van der Waals surface area (Å²) in [4.78, 5) is 15.4. The molecule has 0 radical (unpaired) electrons. The standard InChI is InChI=1S/C12H11ClN4O/c1-2-3-12(18)16-10-6-9(13)4-5-11(10)17-8-14-7-15-17/h2-8H,1H3,(H,16,18)/b3-2-. The number of amides is 1. The maximum Gasteiger partial charge on any atom is 0.248 e. The first-order valence-electron chi connectivity index (χ1n) is 5.29. The van der Waals surface area contributed by atoms with E-state index in [4.69, 9.17) is 11.6 Å². The molecule has 1 amide bonds. The summed E-state index contributed by atoms with van der Waals surface area (Å²) in [5.74, 6) is -0.221. The van der Waals surface area contributed by atoms with Crippen LogP contribution in [0.15, 0.2) is 43.0 Å². The SMILES string of the molecule is C/C=C\C(=O)Nc1cc(Cl)ccc1-n1cncn1. The summed E-state index contributed by atoms with van der Waals surface area (Å²) in [5, 5.41) is 7.30. The molecule has 18 heavy (non-hydrogen) atoms. The Morgan fingerprint density at radius 3 is 3.00 bits per heavy atom. The lowest BCUT2D eigenvalue weighted by molar-refractivity contribution is -0.111. The molecule has 1 aromatic carbocycles. The minimum absolute atomic E-state index is 0.221. The minimum atomic E-state index is -0.221. The largest absolute Gasteiger partial charge is 0.321 e. The fraction of sp³-hybridized carbons (Fsp3) is 0.0833. The Morgan fingerprint density at radius 2 is 2.33 bits per heavy atom. The first-order chi connectivity index (χ1) is 8.70. The van der Waals surface area contributed by atoms with Gasteiger partial charge in [0.15, 0.2) is 0 Å². The van der Waals surface area contributed by atoms with E-state index >= 15 is 0 Å². The third-order valence-corrected chi connectivity index (χ3v) is 2.44. The van der Waals surface area contributed by atoms with E-state index in [9.17, 15) is 4.79 Å². The summed E-state index contributed by atoms with van der Waals surface area (Å²) in [6.07, 6.45) is 6.07. The number of allylic oxidation sites excluding steroid dienone is 1. The molecule has 0 saturated carbocycles. The zero-order valence-electron chi connectivity index (χ0n) is 9.67. The fourth-order valence-electron chi connectivity index (χ4n) is 1.47. The van der Waals surface area contributed by atoms with E-state index in [-0.39, 0.29) is 5.91 Å². The van der Waals surface area contributed by atoms with Crippen LogP contribution in [0.4, 0.5) is 5.69 Å². The maximum atomic E-state index is 11.6. The van der Waals surface area contributed by atoms with Crippen molar-refractivity contribution in [3.63, 3.8) is 0 Å². The van der Waals surface area contributed by atoms with Gasteiger partial charge in [-0.3, -0.25) is 4.79 Å². The van der Waals surface area contributed by atoms with Crippen LogP contribution in [0.25, 0.3) is 5.69 Å². The second kappa shape index (κ2) is 5.46. The predicted molar refractivity (Wildman–Crippen MR) is 69.8 cm³/mol. The van der Waals surface area contributed by atoms with Crippen LogP contribution < -0.4 is 5.32 Å². The molecule has 0 unspecified atom stereocenters. The van der Waals surface area contributed by atoms with Gasteiger partial charge >= 0.3 is 0 Å². The summed E-state index contributed by atoms with van der Waals surface area (Å²) < 4.78 is 1.56. The van der Waals surface area contributed by atoms with Gasteiger partial charge in [-0.25, -0.2) is 9.67 Å². The molecule has 6 heteroatoms. The summed E-state index contributed by atoms with van der Waals surface area (Å²) in [7, 11) is 0. The number of halogens is 1. The number of anilines is 1. The van der Waals surface area contributed by atoms with Gasteiger partial charge in [-0.15, -0.1) is 0 Å². The number of nitrogens with one attached hydrogen (secondary N) is 1. The molecule has 0 saturated heterocycles. The predicted octanol–water partition coefficient (Wildman–Crippen LogP) is 2.44. The second-order valence-corrected chi connectivity index (χ2v) is 3.93. The summed E-state index contributed by atoms with van der Waals surface area (Å²) in [6, 6.07) is 5.16. The van der Waals surface area contributed by atoms with E-state index in [1.54, 1.807) is 42.2 Å². The summed E-state index contributed by atoms with van der Waals surface area (Å²) in [6.45, 7) is 1.77. The third kappa shape index (κ3) is 2.75. The number of carbonyl (C=O) groups excluding carboxylic acids is 1. The highest BCUT2D eigenvalue weighted by molar-refractivity contribution is 6.31. The van der Waals surface area contributed by atoms with Crippen molar-refractivity contribution in [1.29, 1.82) is 0 Å². The number of nitrogens with zero attached hydrogens (tertiary/aromatic N) is 3. The van der Waals surface area contributed by atoms with Crippen LogP contribution in [0.1, 0.15) is 6.92 Å². The molecule has 0 spiro atoms. The normalized spacial score (nSPS) is 10.8. The quantitative estimate of drug-likeness (QED) is 0.865. The first kappa shape index (κ1) is 12.3. The Bertz CT molecular complexity index is 578. The van der Waals surface area contributed by atoms with Crippen LogP contribution in [0.3, 0.4) is 0 Å². The third-order valence-electron chi connectivity index (χ3n) is 2.20. The van der Waals surface area contributed by atoms with Crippen molar-refractivity contribution in [2.45, 2.75) is 6.92 Å². The average Bonchev–Trinajstić information content (AvgIpc) is 2.83. The van der Waals surface area contributed by atoms with E-state index < -0.39 is 0 Å². The van der Waals surface area contributed by atoms with Crippen LogP contribution in [-0.2, 0) is 4.79 Å². The van der Waals surface area contributed by atoms with Gasteiger partial charge < -0.3 is 5.32 Å². The number of hydrogen-bond acceptors (Lipinski definition) is 3. The van der Waals surface area contributed by atoms with Crippen LogP contribution in [-0.4, -0.2) is 20.7 Å². The van der Waals surface area contributed by atoms with E-state index in [0.717, 1.165) is 0 Å². The topological polar surface area (TPSA) is 59.8 Å². The lowest BCUT2D eigenvalue weighted by Crippen LogP contribution is -2.11. The van der Waals surface area contributed by atoms with Gasteiger partial charge in [0, 0.05) is 5.02 Å². The van der Waals surface area contributed by atoms with Crippen LogP contribution in [0, 0.1) is 0 Å². The molecule has 0 aliphatic rings. The molecule has 1 aromatic heterocycles. The van der Waals surface area contributed by atoms with Gasteiger partial charge in [0.1, 0.15) is 12.7 Å². The number of hydrogen-bond donors (Lipinski definition) is 1. The Kier molecular flexibility index (Phi) is 3.74. The molecular weight excluding hydrogens is 252 g/mol. The van der Waals surface area contributed by atoms with Crippen LogP contribution in [0.5, 0.6) is 0 Å². The number of carbonyl (C=O) groups is 1. The molecule has 0 aliphatic carbocycles. The lowest BCUT2D eigenvalue weighted by atomic mass is 10.2. The minimum Gasteiger partial charge on any atom is -0.321 e. The number of benzene rings is 1. The molecule has 0 fully saturated rings. The summed E-state index contributed by atoms with van der Waals surface area (Å²) >= 11 is 5.92. The maximum absolute atomic E-state index is 11.6. The molecular formula is C12H11ClN4O. The summed E-state index contributed by atoms with van der Waals surface area (Å²) in [5.41, 5.74) is 1.28. The molecule has 0 atom stereocenters. The van der Waals surface area contributed by atoms with Crippen molar-refractivity contribution in [1.82, 2.24) is 14.8 Å². The molecule has 92 valence electrons. The zero-order chi connectivity index (χ0) is 13.0. The Labute approximate surface area is 109 Å². The van der Waals surface area contributed by atoms with Crippen molar-refractivity contribution in [3.05, 3.63) is 48.0 Å². The zero-order valence-corrected chi connectivity index (χ0v) is 10.4. The van der Waals surface area contributed by atoms with E-state index in [1.807, 2.05) is 0 Å². The molecule has 1 N–H and O–H groups in total. The van der Waals surface area contributed by atoms with Crippen molar-refractivity contribution in [3.8, 4) is 5.69 Å². The van der Waals surface area contributed by atoms with Gasteiger partial charge in [-0.2, -0.15) is 5.10 Å². The molecule has 0 aliphatic heterocycles. The second-order valence-electron chi connectivity index (χ2n) is 3.49. The molecule has 2 rings (SSSR count). The number of rotatable bonds is 3. The van der Waals surface area contributed by atoms with Gasteiger partial charge in [0.2, 0.25) is 5.91 Å². The Balaban J connectivity index is 2.38. The molecule has 0 bridgehead atoms. The van der Waals surface area contributed by atoms with Crippen molar-refractivity contribution < 1.29 is 4.79 Å². The van der Waals surface area contributed by atoms with Gasteiger partial charge in [-0.1, -0.05) is 17.7 Å².